The summed E-state index contributed by atoms with van der Waals surface area (Å²) in [5, 5.41) is 0. The summed E-state index contributed by atoms with van der Waals surface area (Å²) in [5.41, 5.74) is 2.53. The minimum absolute atomic E-state index is 0.960. The van der Waals surface area contributed by atoms with Gasteiger partial charge >= 0.3 is 0 Å². The second-order valence-electron chi connectivity index (χ2n) is 4.67. The van der Waals surface area contributed by atoms with Crippen LogP contribution in [-0.4, -0.2) is 14.6 Å². The lowest BCUT2D eigenvalue weighted by molar-refractivity contribution is -0.679. The summed E-state index contributed by atoms with van der Waals surface area (Å²) in [6.45, 7) is 4.24. The third-order valence-corrected chi connectivity index (χ3v) is 3.14. The number of hydrogen-bond donors (Lipinski definition) is 0. The molecule has 2 nitrogen and oxygen atoms in total. The van der Waals surface area contributed by atoms with Gasteiger partial charge in [-0.15, -0.1) is 0 Å². The zero-order chi connectivity index (χ0) is 13.5. The highest BCUT2D eigenvalue weighted by Crippen LogP contribution is 2.15. The molecule has 2 aromatic rings. The molecule has 2 radical (unpaired) electrons. The predicted octanol–water partition coefficient (Wildman–Crippen LogP) is 1.74. The van der Waals surface area contributed by atoms with E-state index in [1.54, 1.807) is 0 Å². The minimum Gasteiger partial charge on any atom is -0.214 e. The Hall–Kier alpha value is -1.57. The zero-order valence-electron chi connectivity index (χ0n) is 11.8. The van der Waals surface area contributed by atoms with Gasteiger partial charge in [0, 0.05) is 24.3 Å². The Balaban J connectivity index is 2.08. The van der Waals surface area contributed by atoms with Gasteiger partial charge in [0.25, 0.3) is 0 Å². The number of aromatic nitrogens is 2. The molecule has 2 heterocycles. The van der Waals surface area contributed by atoms with Gasteiger partial charge in [0.15, 0.2) is 32.1 Å². The van der Waals surface area contributed by atoms with Crippen molar-refractivity contribution < 1.29 is 9.13 Å². The van der Waals surface area contributed by atoms with Gasteiger partial charge in [0.1, 0.15) is 12.9 Å². The van der Waals surface area contributed by atoms with Gasteiger partial charge in [-0.05, 0) is 11.1 Å². The van der Waals surface area contributed by atoms with E-state index in [-0.39, 0.29) is 0 Å². The molecule has 0 aliphatic rings. The lowest BCUT2D eigenvalue weighted by Gasteiger charge is -2.00. The summed E-state index contributed by atoms with van der Waals surface area (Å²) in [7, 11) is 4.42. The third kappa shape index (κ3) is 3.95. The second kappa shape index (κ2) is 7.13. The largest absolute Gasteiger partial charge is 0.214 e. The van der Waals surface area contributed by atoms with Crippen molar-refractivity contribution in [1.82, 2.24) is 0 Å². The molecule has 0 aliphatic carbocycles. The molecule has 0 saturated carbocycles. The molecule has 19 heavy (non-hydrogen) atoms. The van der Waals surface area contributed by atoms with Crippen LogP contribution in [0, 0.1) is 0 Å². The van der Waals surface area contributed by atoms with Gasteiger partial charge in [-0.2, -0.15) is 0 Å². The highest BCUT2D eigenvalue weighted by atomic mass is 14.9. The van der Waals surface area contributed by atoms with Crippen LogP contribution in [0.3, 0.4) is 0 Å². The van der Waals surface area contributed by atoms with Crippen LogP contribution in [0.25, 0.3) is 11.1 Å². The first-order valence-corrected chi connectivity index (χ1v) is 6.91. The number of pyridine rings is 2. The summed E-state index contributed by atoms with van der Waals surface area (Å²) < 4.78 is 4.37. The van der Waals surface area contributed by atoms with E-state index in [9.17, 15) is 0 Å². The molecule has 0 aliphatic heterocycles. The maximum absolute atomic E-state index is 2.27. The molecule has 0 N–H and O–H groups in total. The van der Waals surface area contributed by atoms with Crippen LogP contribution in [0.15, 0.2) is 49.1 Å². The van der Waals surface area contributed by atoms with Gasteiger partial charge in [-0.25, -0.2) is 9.13 Å². The maximum atomic E-state index is 2.27. The highest BCUT2D eigenvalue weighted by molar-refractivity contribution is 6.32. The Kier molecular flexibility index (Phi) is 5.19. The van der Waals surface area contributed by atoms with Crippen molar-refractivity contribution in [3.63, 3.8) is 0 Å². The molecule has 4 heteroatoms. The van der Waals surface area contributed by atoms with Crippen LogP contribution in [0.2, 0.25) is 13.1 Å². The summed E-state index contributed by atoms with van der Waals surface area (Å²) in [4.78, 5) is 0. The summed E-state index contributed by atoms with van der Waals surface area (Å²) >= 11 is 0. The van der Waals surface area contributed by atoms with Crippen molar-refractivity contribution in [2.45, 2.75) is 33.0 Å². The minimum atomic E-state index is 0.960. The van der Waals surface area contributed by atoms with E-state index in [0.29, 0.717) is 0 Å². The van der Waals surface area contributed by atoms with Crippen LogP contribution in [0.1, 0.15) is 6.92 Å². The van der Waals surface area contributed by atoms with Gasteiger partial charge in [0.2, 0.25) is 7.28 Å². The van der Waals surface area contributed by atoms with Gasteiger partial charge in [-0.1, -0.05) is 20.1 Å². The summed E-state index contributed by atoms with van der Waals surface area (Å²) in [5.74, 6) is 0. The maximum Gasteiger partial charge on any atom is 0.200 e. The average Bonchev–Trinajstić information content (AvgIpc) is 2.47. The van der Waals surface area contributed by atoms with E-state index >= 15 is 0 Å². The van der Waals surface area contributed by atoms with Crippen LogP contribution < -0.4 is 9.13 Å². The van der Waals surface area contributed by atoms with E-state index in [4.69, 9.17) is 0 Å². The Morgan fingerprint density at radius 1 is 0.842 bits per heavy atom. The fraction of sp³-hybridized carbons (Fsp3) is 0.333. The molecule has 0 bridgehead atoms. The van der Waals surface area contributed by atoms with Crippen LogP contribution in [0.4, 0.5) is 0 Å². The van der Waals surface area contributed by atoms with E-state index < -0.39 is 0 Å². The van der Waals surface area contributed by atoms with Gasteiger partial charge in [-0.3, -0.25) is 0 Å². The summed E-state index contributed by atoms with van der Waals surface area (Å²) in [6, 6.07) is 8.69. The van der Waals surface area contributed by atoms with Crippen molar-refractivity contribution in [1.29, 1.82) is 0 Å². The van der Waals surface area contributed by atoms with Crippen molar-refractivity contribution in [3.05, 3.63) is 49.1 Å². The molecule has 94 valence electrons. The third-order valence-electron chi connectivity index (χ3n) is 3.14. The monoisotopic (exact) mass is 250 g/mol. The van der Waals surface area contributed by atoms with Crippen LogP contribution in [-0.2, 0) is 12.9 Å². The van der Waals surface area contributed by atoms with E-state index in [2.05, 4.69) is 86.5 Å². The van der Waals surface area contributed by atoms with Crippen molar-refractivity contribution in [2.75, 3.05) is 0 Å². The smallest absolute Gasteiger partial charge is 0.200 e. The number of hydrogen-bond acceptors (Lipinski definition) is 0. The first-order valence-electron chi connectivity index (χ1n) is 6.91. The lowest BCUT2D eigenvalue weighted by Crippen LogP contribution is -2.35. The van der Waals surface area contributed by atoms with E-state index in [1.807, 2.05) is 0 Å². The quantitative estimate of drug-likeness (QED) is 0.545. The van der Waals surface area contributed by atoms with Gasteiger partial charge in [0.05, 0.1) is 0 Å². The Labute approximate surface area is 117 Å². The molecule has 0 spiro atoms. The first-order chi connectivity index (χ1) is 9.33. The Morgan fingerprint density at radius 3 is 1.74 bits per heavy atom. The Bertz CT molecular complexity index is 495. The number of nitrogens with zero attached hydrogens (tertiary/aromatic N) is 2. The van der Waals surface area contributed by atoms with E-state index in [1.165, 1.54) is 11.1 Å². The second-order valence-corrected chi connectivity index (χ2v) is 4.67. The molecule has 0 saturated heterocycles. The highest BCUT2D eigenvalue weighted by Gasteiger charge is 2.05. The molecular weight excluding hydrogens is 230 g/mol. The standard InChI is InChI=1S/C15H20B2N2/c1-3-17-13-19-10-6-15(7-11-19)14-4-8-18(9-5-14)12-16-2/h4-11H,3,12-13H2,1-2H3/q+2. The van der Waals surface area contributed by atoms with Crippen molar-refractivity contribution in [3.8, 4) is 11.1 Å². The van der Waals surface area contributed by atoms with Crippen LogP contribution >= 0.6 is 0 Å². The van der Waals surface area contributed by atoms with Crippen molar-refractivity contribution in [2.24, 2.45) is 0 Å². The number of rotatable bonds is 6. The molecule has 2 aromatic heterocycles. The zero-order valence-corrected chi connectivity index (χ0v) is 11.8. The Morgan fingerprint density at radius 2 is 1.32 bits per heavy atom. The fourth-order valence-electron chi connectivity index (χ4n) is 2.03. The molecule has 2 rings (SSSR count). The summed E-state index contributed by atoms with van der Waals surface area (Å²) in [6.07, 6.45) is 11.6. The van der Waals surface area contributed by atoms with Crippen molar-refractivity contribution >= 4 is 14.6 Å². The molecule has 0 atom stereocenters. The lowest BCUT2D eigenvalue weighted by atomic mass is 9.75. The molecular formula is C15H20B2N2+2. The van der Waals surface area contributed by atoms with E-state index in [0.717, 1.165) is 19.2 Å². The first kappa shape index (κ1) is 13.9. The topological polar surface area (TPSA) is 7.76 Å². The molecule has 0 fully saturated rings. The van der Waals surface area contributed by atoms with Gasteiger partial charge < -0.3 is 0 Å². The van der Waals surface area contributed by atoms with Crippen LogP contribution in [0.5, 0.6) is 0 Å². The fourth-order valence-corrected chi connectivity index (χ4v) is 2.03. The molecule has 0 unspecified atom stereocenters. The predicted molar refractivity (Wildman–Crippen MR) is 80.1 cm³/mol. The molecule has 0 amide bonds. The average molecular weight is 250 g/mol. The normalized spacial score (nSPS) is 10.2. The molecule has 0 aromatic carbocycles. The SMILES string of the molecule is C[B]C[n+]1ccc(-c2cc[n+](C[B]CC)cc2)cc1.